The number of hydrogen-bond donors (Lipinski definition) is 2. The molecule has 0 unspecified atom stereocenters. The lowest BCUT2D eigenvalue weighted by molar-refractivity contribution is -0.202. The van der Waals surface area contributed by atoms with E-state index in [4.69, 9.17) is 18.5 Å². The molecule has 0 radical (unpaired) electrons. The van der Waals surface area contributed by atoms with Crippen molar-refractivity contribution in [1.29, 1.82) is 0 Å². The number of hydrogen-bond acceptors (Lipinski definition) is 11. The van der Waals surface area contributed by atoms with Gasteiger partial charge in [0.1, 0.15) is 24.2 Å². The maximum Gasteiger partial charge on any atom is 0.459 e. The maximum atomic E-state index is 16.6. The number of imidazole rings is 1. The van der Waals surface area contributed by atoms with Gasteiger partial charge < -0.3 is 24.0 Å². The number of anilines is 1. The fourth-order valence-corrected chi connectivity index (χ4v) is 6.75. The van der Waals surface area contributed by atoms with Crippen molar-refractivity contribution in [2.45, 2.75) is 71.4 Å². The van der Waals surface area contributed by atoms with Crippen molar-refractivity contribution >= 4 is 41.5 Å². The SMILES string of the molecule is Cc1nc(N(C)C)c2ncn([C@@H]3O[C@](F)(CO[P@@](=O)(N[C@H](C)C(=O)OCC(C)(C)C)Oc4cccc5ccccc45)[C@@H](O)[C@@]3(C)F)c2n1. The van der Waals surface area contributed by atoms with E-state index in [1.165, 1.54) is 23.9 Å². The van der Waals surface area contributed by atoms with Crippen molar-refractivity contribution in [3.63, 3.8) is 0 Å². The number of esters is 1. The van der Waals surface area contributed by atoms with Crippen LogP contribution in [0.25, 0.3) is 21.9 Å². The number of nitrogens with zero attached hydrogens (tertiary/aromatic N) is 5. The van der Waals surface area contributed by atoms with Gasteiger partial charge >= 0.3 is 13.7 Å². The molecule has 1 fully saturated rings. The molecule has 5 rings (SSSR count). The molecule has 0 saturated carbocycles. The number of aromatic nitrogens is 4. The molecule has 16 heteroatoms. The van der Waals surface area contributed by atoms with Crippen LogP contribution >= 0.6 is 7.75 Å². The highest BCUT2D eigenvalue weighted by Gasteiger charge is 2.65. The van der Waals surface area contributed by atoms with E-state index in [-0.39, 0.29) is 23.4 Å². The fraction of sp³-hybridized carbons (Fsp3) is 0.500. The Bertz CT molecular complexity index is 1860. The Kier molecular flexibility index (Phi) is 9.58. The molecule has 1 aliphatic rings. The van der Waals surface area contributed by atoms with Crippen LogP contribution < -0.4 is 14.5 Å². The van der Waals surface area contributed by atoms with Crippen molar-refractivity contribution in [2.75, 3.05) is 32.2 Å². The molecule has 2 aromatic heterocycles. The maximum absolute atomic E-state index is 16.6. The topological polar surface area (TPSA) is 150 Å². The van der Waals surface area contributed by atoms with Gasteiger partial charge in [0.15, 0.2) is 35.0 Å². The third-order valence-electron chi connectivity index (χ3n) is 7.68. The van der Waals surface area contributed by atoms with Crippen LogP contribution in [-0.2, 0) is 23.4 Å². The molecular weight excluding hydrogens is 649 g/mol. The first kappa shape index (κ1) is 35.6. The Morgan fingerprint density at radius 2 is 1.88 bits per heavy atom. The molecule has 1 aliphatic heterocycles. The summed E-state index contributed by atoms with van der Waals surface area (Å²) in [6, 6.07) is 10.8. The molecule has 260 valence electrons. The normalized spacial score (nSPS) is 24.8. The molecule has 3 heterocycles. The van der Waals surface area contributed by atoms with Crippen LogP contribution in [0.2, 0.25) is 0 Å². The summed E-state index contributed by atoms with van der Waals surface area (Å²) in [5, 5.41) is 14.8. The number of nitrogens with one attached hydrogen (secondary N) is 1. The van der Waals surface area contributed by atoms with E-state index in [2.05, 4.69) is 20.0 Å². The van der Waals surface area contributed by atoms with E-state index in [0.29, 0.717) is 22.5 Å². The number of aliphatic hydroxyl groups is 1. The van der Waals surface area contributed by atoms with Crippen LogP contribution in [0.1, 0.15) is 46.7 Å². The van der Waals surface area contributed by atoms with Crippen LogP contribution in [0.4, 0.5) is 14.6 Å². The fourth-order valence-electron chi connectivity index (χ4n) is 5.22. The summed E-state index contributed by atoms with van der Waals surface area (Å²) in [5.74, 6) is -3.12. The molecule has 0 spiro atoms. The monoisotopic (exact) mass is 690 g/mol. The van der Waals surface area contributed by atoms with Crippen molar-refractivity contribution in [1.82, 2.24) is 24.6 Å². The summed E-state index contributed by atoms with van der Waals surface area (Å²) in [5.41, 5.74) is -2.65. The van der Waals surface area contributed by atoms with Crippen LogP contribution in [0, 0.1) is 12.3 Å². The van der Waals surface area contributed by atoms with Gasteiger partial charge in [0.2, 0.25) is 0 Å². The lowest BCUT2D eigenvalue weighted by Crippen LogP contribution is -2.47. The highest BCUT2D eigenvalue weighted by molar-refractivity contribution is 7.52. The van der Waals surface area contributed by atoms with Gasteiger partial charge in [-0.3, -0.25) is 13.9 Å². The van der Waals surface area contributed by atoms with Crippen molar-refractivity contribution < 1.29 is 41.8 Å². The first-order chi connectivity index (χ1) is 22.3. The Morgan fingerprint density at radius 3 is 2.56 bits per heavy atom. The summed E-state index contributed by atoms with van der Waals surface area (Å²) >= 11 is 0. The number of fused-ring (bicyclic) bond motifs is 2. The van der Waals surface area contributed by atoms with E-state index in [1.807, 2.05) is 39.0 Å². The largest absolute Gasteiger partial charge is 0.464 e. The summed E-state index contributed by atoms with van der Waals surface area (Å²) in [6.07, 6.45) is -2.98. The zero-order valence-electron chi connectivity index (χ0n) is 28.1. The first-order valence-electron chi connectivity index (χ1n) is 15.3. The Balaban J connectivity index is 1.45. The summed E-state index contributed by atoms with van der Waals surface area (Å²) in [4.78, 5) is 27.6. The Labute approximate surface area is 277 Å². The minimum Gasteiger partial charge on any atom is -0.464 e. The molecular formula is C32H41F2N6O7P. The summed E-state index contributed by atoms with van der Waals surface area (Å²) < 4.78 is 70.7. The van der Waals surface area contributed by atoms with E-state index in [1.54, 1.807) is 44.1 Å². The number of aryl methyl sites for hydroxylation is 1. The zero-order valence-corrected chi connectivity index (χ0v) is 29.0. The highest BCUT2D eigenvalue weighted by atomic mass is 31.2. The smallest absolute Gasteiger partial charge is 0.459 e. The van der Waals surface area contributed by atoms with Gasteiger partial charge in [0, 0.05) is 19.5 Å². The number of ether oxygens (including phenoxy) is 2. The standard InChI is InChI=1S/C32H41F2N6O7P/c1-19(27(41)44-16-30(3,4)5)38-48(43,47-23-15-11-13-21-12-9-10-14-22(21)23)45-17-32(34)28(42)31(6,33)29(46-32)40-18-35-24-25(39(7)8)36-20(2)37-26(24)40/h9-15,18-19,28-29,42H,16-17H2,1-8H3,(H,38,43)/t19-,28+,29-,31-,32-,48+/m1/s1. The quantitative estimate of drug-likeness (QED) is 0.153. The van der Waals surface area contributed by atoms with Gasteiger partial charge in [-0.2, -0.15) is 5.09 Å². The van der Waals surface area contributed by atoms with E-state index in [0.717, 1.165) is 12.3 Å². The molecule has 0 amide bonds. The summed E-state index contributed by atoms with van der Waals surface area (Å²) in [7, 11) is -1.18. The zero-order chi connectivity index (χ0) is 35.2. The molecule has 0 aliphatic carbocycles. The van der Waals surface area contributed by atoms with Crippen LogP contribution in [0.3, 0.4) is 0 Å². The van der Waals surface area contributed by atoms with Crippen molar-refractivity contribution in [3.05, 3.63) is 54.6 Å². The molecule has 6 atom stereocenters. The first-order valence-corrected chi connectivity index (χ1v) is 16.9. The van der Waals surface area contributed by atoms with E-state index >= 15 is 8.78 Å². The minimum atomic E-state index is -4.68. The van der Waals surface area contributed by atoms with Gasteiger partial charge in [0.05, 0.1) is 12.9 Å². The number of carbonyl (C=O) groups is 1. The number of carbonyl (C=O) groups excluding carboxylic acids is 1. The molecule has 1 saturated heterocycles. The third-order valence-corrected chi connectivity index (χ3v) is 9.29. The molecule has 2 aromatic carbocycles. The third kappa shape index (κ3) is 7.15. The second kappa shape index (κ2) is 12.9. The van der Waals surface area contributed by atoms with Gasteiger partial charge in [-0.15, -0.1) is 0 Å². The lowest BCUT2D eigenvalue weighted by atomic mass is 9.97. The molecule has 48 heavy (non-hydrogen) atoms. The second-order valence-electron chi connectivity index (χ2n) is 13.5. The van der Waals surface area contributed by atoms with Crippen LogP contribution in [-0.4, -0.2) is 81.6 Å². The van der Waals surface area contributed by atoms with Gasteiger partial charge in [-0.1, -0.05) is 57.2 Å². The minimum absolute atomic E-state index is 0.0701. The number of rotatable bonds is 11. The van der Waals surface area contributed by atoms with Crippen LogP contribution in [0.5, 0.6) is 5.75 Å². The Morgan fingerprint density at radius 1 is 1.19 bits per heavy atom. The molecule has 2 N–H and O–H groups in total. The Hall–Kier alpha value is -3.75. The number of halogens is 2. The van der Waals surface area contributed by atoms with E-state index in [9.17, 15) is 14.5 Å². The summed E-state index contributed by atoms with van der Waals surface area (Å²) in [6.45, 7) is 8.41. The van der Waals surface area contributed by atoms with Gasteiger partial charge in [-0.05, 0) is 37.6 Å². The highest BCUT2D eigenvalue weighted by Crippen LogP contribution is 2.52. The molecule has 4 aromatic rings. The van der Waals surface area contributed by atoms with Gasteiger partial charge in [-0.25, -0.2) is 28.3 Å². The average molecular weight is 691 g/mol. The predicted molar refractivity (Wildman–Crippen MR) is 175 cm³/mol. The molecule has 13 nitrogen and oxygen atoms in total. The lowest BCUT2D eigenvalue weighted by Gasteiger charge is -2.28. The number of benzene rings is 2. The number of aliphatic hydroxyl groups excluding tert-OH is 1. The molecule has 0 bridgehead atoms. The van der Waals surface area contributed by atoms with E-state index < -0.39 is 50.2 Å². The predicted octanol–water partition coefficient (Wildman–Crippen LogP) is 5.41. The van der Waals surface area contributed by atoms with Crippen LogP contribution in [0.15, 0.2) is 48.8 Å². The average Bonchev–Trinajstić information content (AvgIpc) is 3.50. The van der Waals surface area contributed by atoms with Crippen molar-refractivity contribution in [3.8, 4) is 5.75 Å². The van der Waals surface area contributed by atoms with Crippen molar-refractivity contribution in [2.24, 2.45) is 5.41 Å². The van der Waals surface area contributed by atoms with Gasteiger partial charge in [0.25, 0.3) is 5.85 Å². The number of alkyl halides is 2. The second-order valence-corrected chi connectivity index (χ2v) is 15.2.